The van der Waals surface area contributed by atoms with Gasteiger partial charge in [0.25, 0.3) is 10.1 Å². The van der Waals surface area contributed by atoms with Gasteiger partial charge in [0.1, 0.15) is 6.61 Å². The summed E-state index contributed by atoms with van der Waals surface area (Å²) in [6, 6.07) is 5.40. The van der Waals surface area contributed by atoms with Crippen LogP contribution in [0.2, 0.25) is 0 Å². The lowest BCUT2D eigenvalue weighted by Gasteiger charge is -2.25. The van der Waals surface area contributed by atoms with Crippen LogP contribution in [0.3, 0.4) is 0 Å². The van der Waals surface area contributed by atoms with Crippen molar-refractivity contribution in [3.05, 3.63) is 29.8 Å². The molecule has 0 fully saturated rings. The van der Waals surface area contributed by atoms with Gasteiger partial charge in [-0.15, -0.1) is 0 Å². The van der Waals surface area contributed by atoms with E-state index in [2.05, 4.69) is 4.18 Å². The van der Waals surface area contributed by atoms with Crippen molar-refractivity contribution in [3.63, 3.8) is 0 Å². The molecule has 0 aliphatic heterocycles. The van der Waals surface area contributed by atoms with Gasteiger partial charge in [0.05, 0.1) is 4.90 Å². The van der Waals surface area contributed by atoms with E-state index >= 15 is 0 Å². The molecule has 1 rings (SSSR count). The minimum Gasteiger partial charge on any atom is -0.379 e. The Balaban J connectivity index is 2.85. The molecule has 0 aromatic heterocycles. The van der Waals surface area contributed by atoms with Crippen LogP contribution in [-0.2, 0) is 14.3 Å². The van der Waals surface area contributed by atoms with Crippen molar-refractivity contribution >= 4 is 10.1 Å². The molecule has 0 bridgehead atoms. The number of alkyl halides is 3. The minimum absolute atomic E-state index is 0.268. The molecular formula is C11H13F3O4S. The Bertz CT molecular complexity index is 532. The van der Waals surface area contributed by atoms with Crippen LogP contribution >= 0.6 is 0 Å². The maximum Gasteiger partial charge on any atom is 0.419 e. The molecule has 1 aromatic rings. The Labute approximate surface area is 108 Å². The van der Waals surface area contributed by atoms with Crippen LogP contribution in [0, 0.1) is 6.92 Å². The first-order valence-electron chi connectivity index (χ1n) is 5.21. The summed E-state index contributed by atoms with van der Waals surface area (Å²) < 4.78 is 64.5. The predicted octanol–water partition coefficient (Wildman–Crippen LogP) is 2.01. The van der Waals surface area contributed by atoms with E-state index in [0.29, 0.717) is 6.92 Å². The molecule has 0 unspecified atom stereocenters. The van der Waals surface area contributed by atoms with Crippen LogP contribution in [0.4, 0.5) is 13.2 Å². The quantitative estimate of drug-likeness (QED) is 0.864. The van der Waals surface area contributed by atoms with Gasteiger partial charge in [-0.1, -0.05) is 17.7 Å². The van der Waals surface area contributed by atoms with E-state index in [0.717, 1.165) is 5.56 Å². The summed E-state index contributed by atoms with van der Waals surface area (Å²) in [4.78, 5) is -0.268. The fraction of sp³-hybridized carbons (Fsp3) is 0.455. The number of benzene rings is 1. The minimum atomic E-state index is -4.98. The zero-order valence-electron chi connectivity index (χ0n) is 10.2. The normalized spacial score (nSPS) is 16.1. The number of hydrogen-bond donors (Lipinski definition) is 1. The van der Waals surface area contributed by atoms with Crippen molar-refractivity contribution in [3.8, 4) is 0 Å². The third kappa shape index (κ3) is 3.92. The lowest BCUT2D eigenvalue weighted by molar-refractivity contribution is -0.260. The molecule has 19 heavy (non-hydrogen) atoms. The molecule has 0 spiro atoms. The SMILES string of the molecule is Cc1ccc(S(=O)(=O)OC[C@@](C)(O)C(F)(F)F)cc1. The average Bonchev–Trinajstić information content (AvgIpc) is 2.26. The van der Waals surface area contributed by atoms with E-state index in [1.807, 2.05) is 0 Å². The highest BCUT2D eigenvalue weighted by molar-refractivity contribution is 7.86. The van der Waals surface area contributed by atoms with Gasteiger partial charge in [0.15, 0.2) is 5.60 Å². The number of halogens is 3. The molecule has 1 aromatic carbocycles. The Morgan fingerprint density at radius 2 is 1.68 bits per heavy atom. The summed E-state index contributed by atoms with van der Waals surface area (Å²) in [5, 5.41) is 9.09. The van der Waals surface area contributed by atoms with E-state index < -0.39 is 28.5 Å². The Hall–Kier alpha value is -1.12. The molecule has 1 N–H and O–H groups in total. The molecule has 108 valence electrons. The van der Waals surface area contributed by atoms with Crippen LogP contribution in [-0.4, -0.2) is 31.9 Å². The van der Waals surface area contributed by atoms with Crippen LogP contribution in [0.25, 0.3) is 0 Å². The summed E-state index contributed by atoms with van der Waals surface area (Å²) in [6.45, 7) is 0.774. The van der Waals surface area contributed by atoms with Gasteiger partial charge in [-0.05, 0) is 26.0 Å². The van der Waals surface area contributed by atoms with Gasteiger partial charge in [-0.25, -0.2) is 0 Å². The van der Waals surface area contributed by atoms with Gasteiger partial charge < -0.3 is 5.11 Å². The van der Waals surface area contributed by atoms with Gasteiger partial charge in [0, 0.05) is 0 Å². The van der Waals surface area contributed by atoms with Crippen molar-refractivity contribution in [2.75, 3.05) is 6.61 Å². The van der Waals surface area contributed by atoms with E-state index in [1.165, 1.54) is 24.3 Å². The Kier molecular flexibility index (Phi) is 4.28. The van der Waals surface area contributed by atoms with Crippen LogP contribution in [0.5, 0.6) is 0 Å². The summed E-state index contributed by atoms with van der Waals surface area (Å²) in [5.41, 5.74) is -2.44. The number of hydrogen-bond acceptors (Lipinski definition) is 4. The monoisotopic (exact) mass is 298 g/mol. The molecular weight excluding hydrogens is 285 g/mol. The van der Waals surface area contributed by atoms with Crippen LogP contribution < -0.4 is 0 Å². The predicted molar refractivity (Wildman–Crippen MR) is 61.0 cm³/mol. The summed E-state index contributed by atoms with van der Waals surface area (Å²) >= 11 is 0. The molecule has 0 aliphatic rings. The molecule has 0 saturated carbocycles. The third-order valence-electron chi connectivity index (χ3n) is 2.42. The first-order valence-corrected chi connectivity index (χ1v) is 6.62. The topological polar surface area (TPSA) is 63.6 Å². The third-order valence-corrected chi connectivity index (χ3v) is 3.69. The smallest absolute Gasteiger partial charge is 0.379 e. The second kappa shape index (κ2) is 5.10. The van der Waals surface area contributed by atoms with Crippen molar-refractivity contribution in [1.29, 1.82) is 0 Å². The maximum atomic E-state index is 12.3. The van der Waals surface area contributed by atoms with E-state index in [-0.39, 0.29) is 4.90 Å². The van der Waals surface area contributed by atoms with Crippen molar-refractivity contribution < 1.29 is 30.9 Å². The standard InChI is InChI=1S/C11H13F3O4S/c1-8-3-5-9(6-4-8)19(16,17)18-7-10(2,15)11(12,13)14/h3-6,15H,7H2,1-2H3/t10-/m1/s1. The highest BCUT2D eigenvalue weighted by Crippen LogP contribution is 2.31. The van der Waals surface area contributed by atoms with Gasteiger partial charge in [-0.2, -0.15) is 21.6 Å². The molecule has 1 atom stereocenters. The second-order valence-electron chi connectivity index (χ2n) is 4.30. The second-order valence-corrected chi connectivity index (χ2v) is 5.92. The zero-order valence-corrected chi connectivity index (χ0v) is 11.0. The molecule has 0 saturated heterocycles. The van der Waals surface area contributed by atoms with Gasteiger partial charge >= 0.3 is 6.18 Å². The first-order chi connectivity index (χ1) is 8.46. The average molecular weight is 298 g/mol. The van der Waals surface area contributed by atoms with Crippen LogP contribution in [0.1, 0.15) is 12.5 Å². The van der Waals surface area contributed by atoms with Crippen molar-refractivity contribution in [2.24, 2.45) is 0 Å². The molecule has 0 aliphatic carbocycles. The van der Waals surface area contributed by atoms with Gasteiger partial charge in [-0.3, -0.25) is 4.18 Å². The van der Waals surface area contributed by atoms with Crippen molar-refractivity contribution in [2.45, 2.75) is 30.5 Å². The first kappa shape index (κ1) is 15.9. The highest BCUT2D eigenvalue weighted by atomic mass is 32.2. The lowest BCUT2D eigenvalue weighted by Crippen LogP contribution is -2.46. The molecule has 0 radical (unpaired) electrons. The molecule has 4 nitrogen and oxygen atoms in total. The fourth-order valence-corrected chi connectivity index (χ4v) is 2.04. The van der Waals surface area contributed by atoms with Gasteiger partial charge in [0.2, 0.25) is 0 Å². The Morgan fingerprint density at radius 1 is 1.21 bits per heavy atom. The lowest BCUT2D eigenvalue weighted by atomic mass is 10.1. The fourth-order valence-electron chi connectivity index (χ4n) is 1.05. The summed E-state index contributed by atoms with van der Waals surface area (Å²) in [5.74, 6) is 0. The number of rotatable bonds is 4. The largest absolute Gasteiger partial charge is 0.419 e. The summed E-state index contributed by atoms with van der Waals surface area (Å²) in [6.07, 6.45) is -4.98. The highest BCUT2D eigenvalue weighted by Gasteiger charge is 2.51. The Morgan fingerprint density at radius 3 is 2.11 bits per heavy atom. The number of aliphatic hydroxyl groups is 1. The maximum absolute atomic E-state index is 12.3. The molecule has 0 heterocycles. The van der Waals surface area contributed by atoms with Crippen LogP contribution in [0.15, 0.2) is 29.2 Å². The van der Waals surface area contributed by atoms with E-state index in [9.17, 15) is 21.6 Å². The number of aryl methyl sites for hydroxylation is 1. The summed E-state index contributed by atoms with van der Waals surface area (Å²) in [7, 11) is -4.33. The molecule has 8 heteroatoms. The zero-order chi connectivity index (χ0) is 14.9. The van der Waals surface area contributed by atoms with E-state index in [1.54, 1.807) is 6.92 Å². The van der Waals surface area contributed by atoms with E-state index in [4.69, 9.17) is 5.11 Å². The molecule has 0 amide bonds. The van der Waals surface area contributed by atoms with Crippen molar-refractivity contribution in [1.82, 2.24) is 0 Å².